The monoisotopic (exact) mass is 976 g/mol. The number of hydrogen-bond acceptors (Lipinski definition) is 8. The first-order valence-corrected chi connectivity index (χ1v) is 25.3. The van der Waals surface area contributed by atoms with Gasteiger partial charge in [0.1, 0.15) is 0 Å². The van der Waals surface area contributed by atoms with Crippen LogP contribution in [0.3, 0.4) is 0 Å². The minimum Gasteiger partial charge on any atom is -0.453 e. The molecule has 0 saturated heterocycles. The van der Waals surface area contributed by atoms with E-state index < -0.39 is 0 Å². The van der Waals surface area contributed by atoms with Crippen molar-refractivity contribution in [3.05, 3.63) is 267 Å². The van der Waals surface area contributed by atoms with Crippen LogP contribution < -0.4 is 19.3 Å². The van der Waals surface area contributed by atoms with Crippen LogP contribution in [-0.2, 0) is 0 Å². The van der Waals surface area contributed by atoms with Crippen molar-refractivity contribution in [2.24, 2.45) is 0 Å². The molecule has 8 heteroatoms. The smallest absolute Gasteiger partial charge is 0.160 e. The second-order valence-corrected chi connectivity index (χ2v) is 18.6. The van der Waals surface area contributed by atoms with Gasteiger partial charge in [0.2, 0.25) is 0 Å². The Morgan fingerprint density at radius 1 is 0.224 bits per heavy atom. The van der Waals surface area contributed by atoms with Crippen LogP contribution in [0.5, 0.6) is 23.0 Å². The Balaban J connectivity index is 1.05. The summed E-state index contributed by atoms with van der Waals surface area (Å²) < 4.78 is 13.3. The Hall–Kier alpha value is -10.4. The molecule has 12 aromatic rings. The standard InChI is InChI=1S/C68H44N6O2/c1-5-21-45(22-6-1)53-43-54(46-23-7-2-8-24-46)70-67(69-53)49-37-39-51(61(41-49)73-57-29-13-17-33-63(57)75-64-34-18-14-30-58(64)73)52-40-38-50(42-62(52)74-59-31-15-19-35-65(59)76-66-36-20-16-32-60(66)74)68-71-55(47-25-9-3-10-26-47)44-56(72-68)48-27-11-4-12-28-48/h1-44H. The zero-order valence-electron chi connectivity index (χ0n) is 40.9. The van der Waals surface area contributed by atoms with Crippen LogP contribution in [0.4, 0.5) is 34.1 Å². The highest BCUT2D eigenvalue weighted by atomic mass is 16.5. The molecule has 14 rings (SSSR count). The molecule has 0 amide bonds. The average molecular weight is 977 g/mol. The summed E-state index contributed by atoms with van der Waals surface area (Å²) in [5, 5.41) is 0. The number of nitrogens with zero attached hydrogens (tertiary/aromatic N) is 6. The first-order valence-electron chi connectivity index (χ1n) is 25.3. The van der Waals surface area contributed by atoms with Crippen LogP contribution in [0, 0.1) is 0 Å². The fourth-order valence-electron chi connectivity index (χ4n) is 10.3. The van der Waals surface area contributed by atoms with Crippen molar-refractivity contribution in [3.8, 4) is 102 Å². The van der Waals surface area contributed by atoms with E-state index >= 15 is 0 Å². The number of fused-ring (bicyclic) bond motifs is 4. The highest BCUT2D eigenvalue weighted by Gasteiger charge is 2.32. The van der Waals surface area contributed by atoms with Gasteiger partial charge in [0, 0.05) is 44.5 Å². The molecule has 358 valence electrons. The highest BCUT2D eigenvalue weighted by molar-refractivity contribution is 6.01. The number of benzene rings is 10. The predicted molar refractivity (Wildman–Crippen MR) is 305 cm³/mol. The molecule has 8 nitrogen and oxygen atoms in total. The maximum atomic E-state index is 6.66. The number of anilines is 6. The van der Waals surface area contributed by atoms with E-state index in [0.717, 1.165) is 124 Å². The van der Waals surface area contributed by atoms with E-state index in [1.807, 2.05) is 121 Å². The number of hydrogen-bond donors (Lipinski definition) is 0. The SMILES string of the molecule is c1ccc(-c2cc(-c3ccccc3)nc(-c3ccc(-c4ccc(-c5nc(-c6ccccc6)cc(-c6ccccc6)n5)cc4N4c5ccccc5Oc5ccccc54)c(N4c5ccccc5Oc5ccccc54)c3)n2)cc1. The number of rotatable bonds is 9. The maximum absolute atomic E-state index is 6.66. The molecule has 2 aliphatic rings. The summed E-state index contributed by atoms with van der Waals surface area (Å²) in [5.41, 5.74) is 16.3. The van der Waals surface area contributed by atoms with Gasteiger partial charge in [-0.15, -0.1) is 0 Å². The molecule has 2 aliphatic heterocycles. The number of para-hydroxylation sites is 8. The fraction of sp³-hybridized carbons (Fsp3) is 0. The zero-order chi connectivity index (χ0) is 50.4. The molecule has 0 unspecified atom stereocenters. The first-order chi connectivity index (χ1) is 37.7. The Bertz CT molecular complexity index is 3660. The van der Waals surface area contributed by atoms with E-state index in [4.69, 9.17) is 29.4 Å². The minimum absolute atomic E-state index is 0.596. The van der Waals surface area contributed by atoms with Gasteiger partial charge in [-0.05, 0) is 72.8 Å². The second kappa shape index (κ2) is 18.9. The van der Waals surface area contributed by atoms with E-state index in [-0.39, 0.29) is 0 Å². The van der Waals surface area contributed by atoms with Crippen molar-refractivity contribution in [2.45, 2.75) is 0 Å². The molecule has 0 saturated carbocycles. The molecule has 10 aromatic carbocycles. The second-order valence-electron chi connectivity index (χ2n) is 18.6. The fourth-order valence-corrected chi connectivity index (χ4v) is 10.3. The molecule has 0 radical (unpaired) electrons. The number of ether oxygens (including phenoxy) is 2. The highest BCUT2D eigenvalue weighted by Crippen LogP contribution is 2.57. The topological polar surface area (TPSA) is 76.5 Å². The molecule has 0 atom stereocenters. The summed E-state index contributed by atoms with van der Waals surface area (Å²) in [7, 11) is 0. The third kappa shape index (κ3) is 8.07. The van der Waals surface area contributed by atoms with E-state index in [2.05, 4.69) is 155 Å². The lowest BCUT2D eigenvalue weighted by Crippen LogP contribution is -2.18. The molecule has 4 heterocycles. The van der Waals surface area contributed by atoms with Gasteiger partial charge in [-0.1, -0.05) is 194 Å². The lowest BCUT2D eigenvalue weighted by molar-refractivity contribution is 0.476. The van der Waals surface area contributed by atoms with Gasteiger partial charge < -0.3 is 19.3 Å². The van der Waals surface area contributed by atoms with Crippen LogP contribution in [0.25, 0.3) is 78.9 Å². The first kappa shape index (κ1) is 44.3. The summed E-state index contributed by atoms with van der Waals surface area (Å²) in [6.07, 6.45) is 0. The quantitative estimate of drug-likeness (QED) is 0.142. The van der Waals surface area contributed by atoms with E-state index in [1.165, 1.54) is 0 Å². The van der Waals surface area contributed by atoms with Gasteiger partial charge in [-0.2, -0.15) is 0 Å². The summed E-state index contributed by atoms with van der Waals surface area (Å²) in [4.78, 5) is 25.9. The zero-order valence-corrected chi connectivity index (χ0v) is 40.9. The molecule has 2 aromatic heterocycles. The Morgan fingerprint density at radius 2 is 0.487 bits per heavy atom. The van der Waals surface area contributed by atoms with Gasteiger partial charge in [0.25, 0.3) is 0 Å². The predicted octanol–water partition coefficient (Wildman–Crippen LogP) is 18.1. The van der Waals surface area contributed by atoms with Crippen molar-refractivity contribution < 1.29 is 9.47 Å². The third-order valence-electron chi connectivity index (χ3n) is 13.9. The van der Waals surface area contributed by atoms with Crippen molar-refractivity contribution in [3.63, 3.8) is 0 Å². The summed E-state index contributed by atoms with van der Waals surface area (Å²) in [6, 6.07) is 91.3. The van der Waals surface area contributed by atoms with E-state index in [9.17, 15) is 0 Å². The Labute approximate surface area is 440 Å². The Kier molecular flexibility index (Phi) is 11.0. The third-order valence-corrected chi connectivity index (χ3v) is 13.9. The van der Waals surface area contributed by atoms with Gasteiger partial charge in [-0.25, -0.2) is 19.9 Å². The Morgan fingerprint density at radius 3 is 0.776 bits per heavy atom. The molecule has 0 N–H and O–H groups in total. The molecule has 76 heavy (non-hydrogen) atoms. The van der Waals surface area contributed by atoms with Crippen molar-refractivity contribution >= 4 is 34.1 Å². The van der Waals surface area contributed by atoms with Crippen LogP contribution in [0.15, 0.2) is 267 Å². The lowest BCUT2D eigenvalue weighted by Gasteiger charge is -2.36. The van der Waals surface area contributed by atoms with Gasteiger partial charge in [0.05, 0.1) is 56.9 Å². The normalized spacial score (nSPS) is 12.1. The van der Waals surface area contributed by atoms with Crippen molar-refractivity contribution in [1.82, 2.24) is 19.9 Å². The maximum Gasteiger partial charge on any atom is 0.160 e. The van der Waals surface area contributed by atoms with Gasteiger partial charge >= 0.3 is 0 Å². The van der Waals surface area contributed by atoms with Crippen LogP contribution in [-0.4, -0.2) is 19.9 Å². The van der Waals surface area contributed by atoms with Crippen LogP contribution >= 0.6 is 0 Å². The summed E-state index contributed by atoms with van der Waals surface area (Å²) in [6.45, 7) is 0. The molecule has 0 fully saturated rings. The van der Waals surface area contributed by atoms with Gasteiger partial charge in [-0.3, -0.25) is 0 Å². The van der Waals surface area contributed by atoms with E-state index in [1.54, 1.807) is 0 Å². The molecule has 0 bridgehead atoms. The van der Waals surface area contributed by atoms with Crippen LogP contribution in [0.2, 0.25) is 0 Å². The largest absolute Gasteiger partial charge is 0.453 e. The number of aromatic nitrogens is 4. The molecule has 0 aliphatic carbocycles. The van der Waals surface area contributed by atoms with Crippen LogP contribution in [0.1, 0.15) is 0 Å². The summed E-state index contributed by atoms with van der Waals surface area (Å²) >= 11 is 0. The molecular weight excluding hydrogens is 933 g/mol. The van der Waals surface area contributed by atoms with Crippen molar-refractivity contribution in [1.29, 1.82) is 0 Å². The average Bonchev–Trinajstić information content (AvgIpc) is 3.58. The van der Waals surface area contributed by atoms with Crippen molar-refractivity contribution in [2.75, 3.05) is 9.80 Å². The van der Waals surface area contributed by atoms with E-state index in [0.29, 0.717) is 11.6 Å². The summed E-state index contributed by atoms with van der Waals surface area (Å²) in [5.74, 6) is 4.15. The lowest BCUT2D eigenvalue weighted by atomic mass is 9.94. The van der Waals surface area contributed by atoms with Gasteiger partial charge in [0.15, 0.2) is 34.6 Å². The molecule has 0 spiro atoms. The molecular formula is C68H44N6O2. The minimum atomic E-state index is 0.596.